The van der Waals surface area contributed by atoms with Gasteiger partial charge < -0.3 is 20.7 Å². The number of ether oxygens (including phenoxy) is 1. The fourth-order valence-corrected chi connectivity index (χ4v) is 2.97. The summed E-state index contributed by atoms with van der Waals surface area (Å²) in [5.41, 5.74) is 5.57. The lowest BCUT2D eigenvalue weighted by atomic mass is 10.00. The van der Waals surface area contributed by atoms with Crippen molar-refractivity contribution in [3.8, 4) is 0 Å². The van der Waals surface area contributed by atoms with E-state index in [0.717, 1.165) is 37.6 Å². The molecule has 0 unspecified atom stereocenters. The van der Waals surface area contributed by atoms with Crippen molar-refractivity contribution >= 4 is 22.5 Å². The molecule has 2 rings (SSSR count). The van der Waals surface area contributed by atoms with Crippen molar-refractivity contribution in [2.45, 2.75) is 32.7 Å². The summed E-state index contributed by atoms with van der Waals surface area (Å²) in [6.07, 6.45) is 2.04. The third-order valence-electron chi connectivity index (χ3n) is 3.66. The number of anilines is 1. The summed E-state index contributed by atoms with van der Waals surface area (Å²) in [5.74, 6) is 0.525. The molecule has 0 aliphatic carbocycles. The van der Waals surface area contributed by atoms with E-state index in [2.05, 4.69) is 15.5 Å². The Hall–Kier alpha value is -1.41. The van der Waals surface area contributed by atoms with Crippen LogP contribution in [0.4, 0.5) is 9.93 Å². The van der Waals surface area contributed by atoms with E-state index in [9.17, 15) is 4.79 Å². The summed E-state index contributed by atoms with van der Waals surface area (Å²) in [6, 6.07) is -0.249. The quantitative estimate of drug-likeness (QED) is 0.862. The number of hydrogen-bond acceptors (Lipinski definition) is 6. The van der Waals surface area contributed by atoms with Crippen LogP contribution in [0.25, 0.3) is 0 Å². The maximum Gasteiger partial charge on any atom is 0.317 e. The van der Waals surface area contributed by atoms with Crippen molar-refractivity contribution in [2.24, 2.45) is 5.92 Å². The summed E-state index contributed by atoms with van der Waals surface area (Å²) in [5, 5.41) is 11.8. The number of carbonyl (C=O) groups is 1. The molecule has 0 spiro atoms. The first-order valence-electron chi connectivity index (χ1n) is 7.32. The highest BCUT2D eigenvalue weighted by Gasteiger charge is 2.22. The Morgan fingerprint density at radius 1 is 1.52 bits per heavy atom. The summed E-state index contributed by atoms with van der Waals surface area (Å²) in [4.78, 5) is 14.2. The van der Waals surface area contributed by atoms with Gasteiger partial charge in [0.15, 0.2) is 0 Å². The average molecular weight is 313 g/mol. The predicted molar refractivity (Wildman–Crippen MR) is 82.1 cm³/mol. The van der Waals surface area contributed by atoms with Crippen LogP contribution in [0.3, 0.4) is 0 Å². The number of urea groups is 1. The number of rotatable bonds is 5. The Kier molecular flexibility index (Phi) is 5.75. The lowest BCUT2D eigenvalue weighted by molar-refractivity contribution is 0.0567. The molecule has 21 heavy (non-hydrogen) atoms. The molecule has 0 bridgehead atoms. The highest BCUT2D eigenvalue weighted by molar-refractivity contribution is 7.15. The topological polar surface area (TPSA) is 93.4 Å². The van der Waals surface area contributed by atoms with Crippen molar-refractivity contribution in [3.63, 3.8) is 0 Å². The molecule has 8 heteroatoms. The van der Waals surface area contributed by atoms with Crippen molar-refractivity contribution in [3.05, 3.63) is 5.01 Å². The number of aromatic nitrogens is 2. The molecular formula is C13H23N5O2S. The van der Waals surface area contributed by atoms with E-state index in [4.69, 9.17) is 10.5 Å². The van der Waals surface area contributed by atoms with Gasteiger partial charge in [-0.25, -0.2) is 4.79 Å². The molecule has 3 N–H and O–H groups in total. The zero-order valence-corrected chi connectivity index (χ0v) is 13.4. The smallest absolute Gasteiger partial charge is 0.317 e. The first kappa shape index (κ1) is 16.0. The number of nitrogens with two attached hydrogens (primary N) is 1. The second-order valence-electron chi connectivity index (χ2n) is 5.24. The van der Waals surface area contributed by atoms with Gasteiger partial charge in [0, 0.05) is 26.3 Å². The lowest BCUT2D eigenvalue weighted by Gasteiger charge is -2.29. The van der Waals surface area contributed by atoms with Crippen LogP contribution in [-0.2, 0) is 4.74 Å². The minimum Gasteiger partial charge on any atom is -0.381 e. The maximum atomic E-state index is 12.3. The normalized spacial score (nSPS) is 17.4. The van der Waals surface area contributed by atoms with E-state index in [1.807, 2.05) is 18.7 Å². The molecule has 1 aromatic heterocycles. The van der Waals surface area contributed by atoms with Crippen LogP contribution in [-0.4, -0.2) is 47.4 Å². The second kappa shape index (κ2) is 7.56. The Morgan fingerprint density at radius 3 is 2.81 bits per heavy atom. The van der Waals surface area contributed by atoms with E-state index in [1.54, 1.807) is 0 Å². The van der Waals surface area contributed by atoms with Crippen LogP contribution in [0, 0.1) is 5.92 Å². The molecule has 2 heterocycles. The third-order valence-corrected chi connectivity index (χ3v) is 4.59. The molecule has 118 valence electrons. The zero-order valence-electron chi connectivity index (χ0n) is 12.5. The third kappa shape index (κ3) is 4.53. The molecule has 0 saturated carbocycles. The van der Waals surface area contributed by atoms with E-state index >= 15 is 0 Å². The van der Waals surface area contributed by atoms with Gasteiger partial charge in [0.2, 0.25) is 5.13 Å². The molecule has 0 aromatic carbocycles. The van der Waals surface area contributed by atoms with Crippen LogP contribution in [0.15, 0.2) is 0 Å². The first-order chi connectivity index (χ1) is 10.1. The molecule has 0 radical (unpaired) electrons. The van der Waals surface area contributed by atoms with Crippen LogP contribution in [0.5, 0.6) is 0 Å². The molecule has 1 fully saturated rings. The van der Waals surface area contributed by atoms with Crippen LogP contribution >= 0.6 is 11.3 Å². The lowest BCUT2D eigenvalue weighted by Crippen LogP contribution is -2.44. The van der Waals surface area contributed by atoms with Crippen molar-refractivity contribution in [1.29, 1.82) is 0 Å². The number of amides is 2. The number of nitrogens with zero attached hydrogens (tertiary/aromatic N) is 3. The molecule has 1 atom stereocenters. The molecule has 2 amide bonds. The van der Waals surface area contributed by atoms with Gasteiger partial charge in [-0.15, -0.1) is 10.2 Å². The van der Waals surface area contributed by atoms with Gasteiger partial charge in [0.25, 0.3) is 0 Å². The van der Waals surface area contributed by atoms with Gasteiger partial charge in [0.1, 0.15) is 5.01 Å². The largest absolute Gasteiger partial charge is 0.381 e. The van der Waals surface area contributed by atoms with E-state index < -0.39 is 0 Å². The molecular weight excluding hydrogens is 290 g/mol. The Balaban J connectivity index is 1.87. The highest BCUT2D eigenvalue weighted by atomic mass is 32.1. The minimum absolute atomic E-state index is 0.0646. The van der Waals surface area contributed by atoms with Crippen LogP contribution in [0.2, 0.25) is 0 Å². The summed E-state index contributed by atoms with van der Waals surface area (Å²) >= 11 is 1.30. The van der Waals surface area contributed by atoms with Gasteiger partial charge in [-0.05, 0) is 32.6 Å². The summed E-state index contributed by atoms with van der Waals surface area (Å²) < 4.78 is 5.36. The van der Waals surface area contributed by atoms with Crippen molar-refractivity contribution in [1.82, 2.24) is 20.4 Å². The van der Waals surface area contributed by atoms with Crippen molar-refractivity contribution in [2.75, 3.05) is 32.0 Å². The fourth-order valence-electron chi connectivity index (χ4n) is 2.36. The second-order valence-corrected chi connectivity index (χ2v) is 6.28. The van der Waals surface area contributed by atoms with E-state index in [-0.39, 0.29) is 12.1 Å². The Bertz CT molecular complexity index is 461. The van der Waals surface area contributed by atoms with Gasteiger partial charge >= 0.3 is 6.03 Å². The standard InChI is InChI=1S/C13H23N5O2S/c1-3-18(8-10-4-6-20-7-5-10)13(19)15-9(2)11-16-17-12(14)21-11/h9-10H,3-8H2,1-2H3,(H2,14,17)(H,15,19)/t9-/m1/s1. The van der Waals surface area contributed by atoms with E-state index in [1.165, 1.54) is 11.3 Å². The Labute approximate surface area is 128 Å². The monoisotopic (exact) mass is 313 g/mol. The molecule has 1 saturated heterocycles. The molecule has 1 aromatic rings. The molecule has 1 aliphatic heterocycles. The predicted octanol–water partition coefficient (Wildman–Crippen LogP) is 1.64. The van der Waals surface area contributed by atoms with Gasteiger partial charge in [-0.3, -0.25) is 0 Å². The SMILES string of the molecule is CCN(CC1CCOCC1)C(=O)N[C@H](C)c1nnc(N)s1. The molecule has 7 nitrogen and oxygen atoms in total. The number of nitrogen functional groups attached to an aromatic ring is 1. The van der Waals surface area contributed by atoms with Crippen LogP contribution in [0.1, 0.15) is 37.7 Å². The molecule has 1 aliphatic rings. The van der Waals surface area contributed by atoms with Gasteiger partial charge in [-0.2, -0.15) is 0 Å². The first-order valence-corrected chi connectivity index (χ1v) is 8.13. The average Bonchev–Trinajstić information content (AvgIpc) is 2.92. The minimum atomic E-state index is -0.184. The number of nitrogens with one attached hydrogen (secondary N) is 1. The number of carbonyl (C=O) groups excluding carboxylic acids is 1. The summed E-state index contributed by atoms with van der Waals surface area (Å²) in [7, 11) is 0. The zero-order chi connectivity index (χ0) is 15.2. The highest BCUT2D eigenvalue weighted by Crippen LogP contribution is 2.20. The summed E-state index contributed by atoms with van der Waals surface area (Å²) in [6.45, 7) is 6.94. The van der Waals surface area contributed by atoms with Crippen LogP contribution < -0.4 is 11.1 Å². The fraction of sp³-hybridized carbons (Fsp3) is 0.769. The van der Waals surface area contributed by atoms with Crippen molar-refractivity contribution < 1.29 is 9.53 Å². The maximum absolute atomic E-state index is 12.3. The van der Waals surface area contributed by atoms with E-state index in [0.29, 0.717) is 17.6 Å². The number of hydrogen-bond donors (Lipinski definition) is 2. The van der Waals surface area contributed by atoms with Gasteiger partial charge in [-0.1, -0.05) is 11.3 Å². The van der Waals surface area contributed by atoms with Gasteiger partial charge in [0.05, 0.1) is 6.04 Å². The Morgan fingerprint density at radius 2 is 2.24 bits per heavy atom.